The molecule has 0 aromatic rings. The summed E-state index contributed by atoms with van der Waals surface area (Å²) in [6.07, 6.45) is 1.77. The van der Waals surface area contributed by atoms with E-state index in [0.717, 1.165) is 0 Å². The quantitative estimate of drug-likeness (QED) is 0.435. The van der Waals surface area contributed by atoms with Crippen LogP contribution >= 0.6 is 0 Å². The average Bonchev–Trinajstić information content (AvgIpc) is 1.94. The second kappa shape index (κ2) is 23.8. The monoisotopic (exact) mass is 145 g/mol. The second-order valence-electron chi connectivity index (χ2n) is 1.38. The highest BCUT2D eigenvalue weighted by molar-refractivity contribution is 4.51. The van der Waals surface area contributed by atoms with E-state index >= 15 is 0 Å². The number of aliphatic hydroxyl groups is 1. The lowest BCUT2D eigenvalue weighted by molar-refractivity contribution is 0.178. The number of hydrogen-bond donors (Lipinski definition) is 2. The van der Waals surface area contributed by atoms with E-state index in [1.165, 1.54) is 0 Å². The summed E-state index contributed by atoms with van der Waals surface area (Å²) in [4.78, 5) is 0. The fourth-order valence-electron chi connectivity index (χ4n) is 0. The van der Waals surface area contributed by atoms with Crippen molar-refractivity contribution in [2.75, 3.05) is 0 Å². The van der Waals surface area contributed by atoms with Gasteiger partial charge in [-0.3, -0.25) is 0 Å². The molecule has 0 aliphatic rings. The molecule has 0 aliphatic heterocycles. The van der Waals surface area contributed by atoms with Gasteiger partial charge >= 0.3 is 0 Å². The Morgan fingerprint density at radius 1 is 1.60 bits per heavy atom. The lowest BCUT2D eigenvalue weighted by Crippen LogP contribution is -2.16. The summed E-state index contributed by atoms with van der Waals surface area (Å²) in [5.41, 5.74) is 4.85. The van der Waals surface area contributed by atoms with E-state index in [0.29, 0.717) is 6.42 Å². The van der Waals surface area contributed by atoms with Crippen molar-refractivity contribution in [3.05, 3.63) is 25.8 Å². The number of rotatable bonds is 1. The molecular formula is C8H19NO. The molecule has 62 valence electrons. The Morgan fingerprint density at radius 2 is 1.70 bits per heavy atom. The van der Waals surface area contributed by atoms with Gasteiger partial charge in [0.05, 0.1) is 0 Å². The predicted octanol–water partition coefficient (Wildman–Crippen LogP) is 1.67. The lowest BCUT2D eigenvalue weighted by atomic mass is 10.5. The van der Waals surface area contributed by atoms with Crippen LogP contribution in [0.25, 0.3) is 0 Å². The van der Waals surface area contributed by atoms with E-state index in [1.54, 1.807) is 6.08 Å². The van der Waals surface area contributed by atoms with Gasteiger partial charge in [-0.25, -0.2) is 0 Å². The standard InChI is InChI=1S/C3H9NO.C3H6.C2H4/c1-2-3(4)5;1-3-2;1-2/h3,5H,2,4H2,1H3;3H,1H2,2H3;1-2H2. The first-order valence-electron chi connectivity index (χ1n) is 3.19. The second-order valence-corrected chi connectivity index (χ2v) is 1.38. The number of allylic oxidation sites excluding steroid dienone is 1. The van der Waals surface area contributed by atoms with Crippen molar-refractivity contribution in [2.24, 2.45) is 5.73 Å². The molecule has 0 bridgehead atoms. The topological polar surface area (TPSA) is 46.2 Å². The van der Waals surface area contributed by atoms with Crippen LogP contribution in [-0.4, -0.2) is 11.3 Å². The zero-order chi connectivity index (χ0) is 8.99. The normalized spacial score (nSPS) is 9.20. The van der Waals surface area contributed by atoms with Gasteiger partial charge < -0.3 is 10.8 Å². The van der Waals surface area contributed by atoms with Crippen LogP contribution < -0.4 is 5.73 Å². The van der Waals surface area contributed by atoms with Gasteiger partial charge in [0.1, 0.15) is 6.23 Å². The van der Waals surface area contributed by atoms with Gasteiger partial charge in [0.25, 0.3) is 0 Å². The Kier molecular flexibility index (Phi) is 38.5. The summed E-state index contributed by atoms with van der Waals surface area (Å²) in [5, 5.41) is 8.14. The fourth-order valence-corrected chi connectivity index (χ4v) is 0. The lowest BCUT2D eigenvalue weighted by Gasteiger charge is -1.91. The zero-order valence-electron chi connectivity index (χ0n) is 7.01. The fraction of sp³-hybridized carbons (Fsp3) is 0.500. The van der Waals surface area contributed by atoms with Crippen molar-refractivity contribution >= 4 is 0 Å². The molecule has 0 rings (SSSR count). The van der Waals surface area contributed by atoms with Gasteiger partial charge in [0.15, 0.2) is 0 Å². The van der Waals surface area contributed by atoms with Gasteiger partial charge in [-0.05, 0) is 13.3 Å². The first-order chi connectivity index (χ1) is 4.68. The highest BCUT2D eigenvalue weighted by Gasteiger charge is 1.81. The molecule has 0 radical (unpaired) electrons. The molecule has 0 heterocycles. The number of nitrogens with two attached hydrogens (primary N) is 1. The van der Waals surface area contributed by atoms with Gasteiger partial charge in [0.2, 0.25) is 0 Å². The largest absolute Gasteiger partial charge is 0.379 e. The molecule has 2 heteroatoms. The SMILES string of the molecule is C=C.C=CC.CCC(N)O. The van der Waals surface area contributed by atoms with Crippen LogP contribution in [0.15, 0.2) is 25.8 Å². The van der Waals surface area contributed by atoms with Gasteiger partial charge in [-0.15, -0.1) is 19.7 Å². The molecule has 0 aliphatic carbocycles. The van der Waals surface area contributed by atoms with E-state index in [-0.39, 0.29) is 0 Å². The van der Waals surface area contributed by atoms with E-state index in [4.69, 9.17) is 10.8 Å². The Labute approximate surface area is 64.1 Å². The summed E-state index contributed by atoms with van der Waals surface area (Å²) < 4.78 is 0. The molecule has 0 fully saturated rings. The summed E-state index contributed by atoms with van der Waals surface area (Å²) in [5.74, 6) is 0. The average molecular weight is 145 g/mol. The molecular weight excluding hydrogens is 126 g/mol. The third kappa shape index (κ3) is 155. The Balaban J connectivity index is -0.0000000847. The molecule has 0 spiro atoms. The van der Waals surface area contributed by atoms with Gasteiger partial charge in [-0.2, -0.15) is 0 Å². The highest BCUT2D eigenvalue weighted by atomic mass is 16.3. The number of hydrogen-bond acceptors (Lipinski definition) is 2. The minimum atomic E-state index is -0.616. The first-order valence-corrected chi connectivity index (χ1v) is 3.19. The van der Waals surface area contributed by atoms with E-state index < -0.39 is 6.23 Å². The van der Waals surface area contributed by atoms with Crippen LogP contribution in [-0.2, 0) is 0 Å². The predicted molar refractivity (Wildman–Crippen MR) is 47.6 cm³/mol. The minimum absolute atomic E-state index is 0.616. The smallest absolute Gasteiger partial charge is 0.102 e. The maximum absolute atomic E-state index is 8.14. The maximum Gasteiger partial charge on any atom is 0.102 e. The van der Waals surface area contributed by atoms with Crippen LogP contribution in [0.3, 0.4) is 0 Å². The summed E-state index contributed by atoms with van der Waals surface area (Å²) in [7, 11) is 0. The van der Waals surface area contributed by atoms with E-state index in [1.807, 2.05) is 13.8 Å². The Morgan fingerprint density at radius 3 is 1.70 bits per heavy atom. The van der Waals surface area contributed by atoms with Crippen molar-refractivity contribution in [3.8, 4) is 0 Å². The molecule has 2 nitrogen and oxygen atoms in total. The van der Waals surface area contributed by atoms with Crippen LogP contribution in [0, 0.1) is 0 Å². The minimum Gasteiger partial charge on any atom is -0.379 e. The molecule has 10 heavy (non-hydrogen) atoms. The van der Waals surface area contributed by atoms with Crippen molar-refractivity contribution in [1.29, 1.82) is 0 Å². The summed E-state index contributed by atoms with van der Waals surface area (Å²) >= 11 is 0. The molecule has 1 unspecified atom stereocenters. The highest BCUT2D eigenvalue weighted by Crippen LogP contribution is 1.72. The molecule has 0 aromatic carbocycles. The molecule has 3 N–H and O–H groups in total. The van der Waals surface area contributed by atoms with Crippen LogP contribution in [0.4, 0.5) is 0 Å². The summed E-state index contributed by atoms with van der Waals surface area (Å²) in [6.45, 7) is 13.1. The molecule has 0 amide bonds. The van der Waals surface area contributed by atoms with E-state index in [9.17, 15) is 0 Å². The Hall–Kier alpha value is -0.600. The van der Waals surface area contributed by atoms with Crippen molar-refractivity contribution in [1.82, 2.24) is 0 Å². The van der Waals surface area contributed by atoms with Gasteiger partial charge in [-0.1, -0.05) is 13.0 Å². The van der Waals surface area contributed by atoms with E-state index in [2.05, 4.69) is 19.7 Å². The van der Waals surface area contributed by atoms with Crippen molar-refractivity contribution in [3.63, 3.8) is 0 Å². The Bertz CT molecular complexity index is 53.2. The van der Waals surface area contributed by atoms with Crippen molar-refractivity contribution in [2.45, 2.75) is 26.5 Å². The van der Waals surface area contributed by atoms with Crippen LogP contribution in [0.5, 0.6) is 0 Å². The zero-order valence-corrected chi connectivity index (χ0v) is 7.01. The number of aliphatic hydroxyl groups excluding tert-OH is 1. The van der Waals surface area contributed by atoms with Gasteiger partial charge in [0, 0.05) is 0 Å². The molecule has 0 saturated carbocycles. The molecule has 0 saturated heterocycles. The first kappa shape index (κ1) is 16.2. The third-order valence-electron chi connectivity index (χ3n) is 0.418. The maximum atomic E-state index is 8.14. The van der Waals surface area contributed by atoms with Crippen LogP contribution in [0.1, 0.15) is 20.3 Å². The van der Waals surface area contributed by atoms with Crippen molar-refractivity contribution < 1.29 is 5.11 Å². The molecule has 1 atom stereocenters. The molecule has 0 aromatic heterocycles. The summed E-state index contributed by atoms with van der Waals surface area (Å²) in [6, 6.07) is 0. The third-order valence-corrected chi connectivity index (χ3v) is 0.418. The van der Waals surface area contributed by atoms with Crippen LogP contribution in [0.2, 0.25) is 0 Å².